The Labute approximate surface area is 123 Å². The predicted molar refractivity (Wildman–Crippen MR) is 79.3 cm³/mol. The van der Waals surface area contributed by atoms with Crippen molar-refractivity contribution in [2.24, 2.45) is 23.2 Å². The van der Waals surface area contributed by atoms with E-state index in [2.05, 4.69) is 18.7 Å². The van der Waals surface area contributed by atoms with E-state index in [0.717, 1.165) is 25.4 Å². The fourth-order valence-corrected chi connectivity index (χ4v) is 4.97. The summed E-state index contributed by atoms with van der Waals surface area (Å²) in [6, 6.07) is 0.352. The minimum absolute atomic E-state index is 0.0953. The van der Waals surface area contributed by atoms with Gasteiger partial charge in [0.15, 0.2) is 0 Å². The lowest BCUT2D eigenvalue weighted by atomic mass is 9.63. The molecule has 3 aliphatic carbocycles. The highest BCUT2D eigenvalue weighted by atomic mass is 16.5. The summed E-state index contributed by atoms with van der Waals surface area (Å²) in [6.07, 6.45) is 6.41. The van der Waals surface area contributed by atoms with Gasteiger partial charge in [-0.1, -0.05) is 20.3 Å². The maximum atomic E-state index is 12.8. The van der Waals surface area contributed by atoms with Crippen LogP contribution in [0.3, 0.4) is 0 Å². The molecule has 1 amide bonds. The smallest absolute Gasteiger partial charge is 0.225 e. The van der Waals surface area contributed by atoms with Crippen molar-refractivity contribution < 1.29 is 9.53 Å². The van der Waals surface area contributed by atoms with Crippen LogP contribution in [0.25, 0.3) is 0 Å². The Morgan fingerprint density at radius 3 is 2.50 bits per heavy atom. The van der Waals surface area contributed by atoms with Crippen molar-refractivity contribution in [2.75, 3.05) is 13.7 Å². The molecule has 0 spiro atoms. The van der Waals surface area contributed by atoms with Crippen molar-refractivity contribution >= 4 is 5.91 Å². The SMILES string of the molecule is CCOC1CC(N(C)C(=O)C2CC3CCC2C3)C1(C)C. The molecule has 3 fully saturated rings. The minimum atomic E-state index is 0.0953. The summed E-state index contributed by atoms with van der Waals surface area (Å²) >= 11 is 0. The monoisotopic (exact) mass is 279 g/mol. The Morgan fingerprint density at radius 2 is 2.00 bits per heavy atom. The first-order valence-electron chi connectivity index (χ1n) is 8.33. The van der Waals surface area contributed by atoms with Gasteiger partial charge in [-0.15, -0.1) is 0 Å². The number of carbonyl (C=O) groups excluding carboxylic acids is 1. The van der Waals surface area contributed by atoms with Crippen LogP contribution in [-0.4, -0.2) is 36.6 Å². The lowest BCUT2D eigenvalue weighted by Gasteiger charge is -2.55. The summed E-state index contributed by atoms with van der Waals surface area (Å²) in [7, 11) is 2.02. The number of nitrogens with zero attached hydrogens (tertiary/aromatic N) is 1. The summed E-state index contributed by atoms with van der Waals surface area (Å²) < 4.78 is 5.79. The molecule has 5 atom stereocenters. The Hall–Kier alpha value is -0.570. The number of ether oxygens (including phenoxy) is 1. The van der Waals surface area contributed by atoms with Crippen LogP contribution < -0.4 is 0 Å². The Morgan fingerprint density at radius 1 is 1.25 bits per heavy atom. The van der Waals surface area contributed by atoms with Crippen LogP contribution in [-0.2, 0) is 9.53 Å². The first-order chi connectivity index (χ1) is 9.45. The number of fused-ring (bicyclic) bond motifs is 2. The Balaban J connectivity index is 1.62. The van der Waals surface area contributed by atoms with Crippen molar-refractivity contribution in [1.29, 1.82) is 0 Å². The maximum Gasteiger partial charge on any atom is 0.225 e. The van der Waals surface area contributed by atoms with Crippen molar-refractivity contribution in [3.8, 4) is 0 Å². The standard InChI is InChI=1S/C17H29NO2/c1-5-20-15-10-14(17(15,2)3)18(4)16(19)13-9-11-6-7-12(13)8-11/h11-15H,5-10H2,1-4H3. The highest BCUT2D eigenvalue weighted by Crippen LogP contribution is 2.51. The molecule has 20 heavy (non-hydrogen) atoms. The maximum absolute atomic E-state index is 12.8. The fourth-order valence-electron chi connectivity index (χ4n) is 4.97. The van der Waals surface area contributed by atoms with Crippen LogP contribution in [0.2, 0.25) is 0 Å². The van der Waals surface area contributed by atoms with E-state index >= 15 is 0 Å². The van der Waals surface area contributed by atoms with Gasteiger partial charge < -0.3 is 9.64 Å². The average molecular weight is 279 g/mol. The van der Waals surface area contributed by atoms with Gasteiger partial charge in [0.2, 0.25) is 5.91 Å². The van der Waals surface area contributed by atoms with Crippen LogP contribution >= 0.6 is 0 Å². The molecule has 3 heteroatoms. The van der Waals surface area contributed by atoms with E-state index in [1.165, 1.54) is 19.3 Å². The lowest BCUT2D eigenvalue weighted by molar-refractivity contribution is -0.167. The van der Waals surface area contributed by atoms with Gasteiger partial charge in [0.1, 0.15) is 0 Å². The second-order valence-corrected chi connectivity index (χ2v) is 7.75. The van der Waals surface area contributed by atoms with E-state index in [1.807, 2.05) is 14.0 Å². The summed E-state index contributed by atoms with van der Waals surface area (Å²) in [6.45, 7) is 7.30. The van der Waals surface area contributed by atoms with Crippen molar-refractivity contribution in [2.45, 2.75) is 65.0 Å². The fraction of sp³-hybridized carbons (Fsp3) is 0.941. The normalized spacial score (nSPS) is 41.5. The minimum Gasteiger partial charge on any atom is -0.378 e. The summed E-state index contributed by atoms with van der Waals surface area (Å²) in [5.74, 6) is 2.25. The zero-order valence-corrected chi connectivity index (χ0v) is 13.4. The van der Waals surface area contributed by atoms with Gasteiger partial charge in [0.25, 0.3) is 0 Å². The molecule has 3 saturated carbocycles. The zero-order valence-electron chi connectivity index (χ0n) is 13.4. The topological polar surface area (TPSA) is 29.5 Å². The molecule has 0 saturated heterocycles. The Kier molecular flexibility index (Phi) is 3.60. The van der Waals surface area contributed by atoms with Gasteiger partial charge in [-0.25, -0.2) is 0 Å². The third kappa shape index (κ3) is 2.09. The van der Waals surface area contributed by atoms with Gasteiger partial charge in [0.05, 0.1) is 6.10 Å². The molecule has 0 aliphatic heterocycles. The van der Waals surface area contributed by atoms with E-state index in [0.29, 0.717) is 29.9 Å². The van der Waals surface area contributed by atoms with Gasteiger partial charge in [0, 0.05) is 31.0 Å². The molecule has 0 aromatic rings. The first-order valence-corrected chi connectivity index (χ1v) is 8.33. The van der Waals surface area contributed by atoms with Crippen LogP contribution in [0.1, 0.15) is 52.9 Å². The van der Waals surface area contributed by atoms with E-state index in [1.54, 1.807) is 0 Å². The molecular formula is C17H29NO2. The molecule has 2 bridgehead atoms. The van der Waals surface area contributed by atoms with Crippen LogP contribution in [0, 0.1) is 23.2 Å². The molecular weight excluding hydrogens is 250 g/mol. The number of carbonyl (C=O) groups is 1. The zero-order chi connectivity index (χ0) is 14.5. The largest absolute Gasteiger partial charge is 0.378 e. The van der Waals surface area contributed by atoms with Gasteiger partial charge >= 0.3 is 0 Å². The molecule has 0 N–H and O–H groups in total. The lowest BCUT2D eigenvalue weighted by Crippen LogP contribution is -2.63. The first kappa shape index (κ1) is 14.4. The number of hydrogen-bond donors (Lipinski definition) is 0. The third-order valence-electron chi connectivity index (χ3n) is 6.36. The number of amides is 1. The van der Waals surface area contributed by atoms with Crippen LogP contribution in [0.5, 0.6) is 0 Å². The molecule has 3 aliphatic rings. The van der Waals surface area contributed by atoms with E-state index in [-0.39, 0.29) is 5.41 Å². The summed E-state index contributed by atoms with van der Waals surface area (Å²) in [4.78, 5) is 14.9. The van der Waals surface area contributed by atoms with Crippen LogP contribution in [0.15, 0.2) is 0 Å². The van der Waals surface area contributed by atoms with Crippen molar-refractivity contribution in [3.63, 3.8) is 0 Å². The third-order valence-corrected chi connectivity index (χ3v) is 6.36. The quantitative estimate of drug-likeness (QED) is 0.791. The van der Waals surface area contributed by atoms with Gasteiger partial charge in [-0.05, 0) is 44.4 Å². The number of hydrogen-bond acceptors (Lipinski definition) is 2. The van der Waals surface area contributed by atoms with Crippen LogP contribution in [0.4, 0.5) is 0 Å². The summed E-state index contributed by atoms with van der Waals surface area (Å²) in [5.41, 5.74) is 0.0953. The number of rotatable bonds is 4. The Bertz CT molecular complexity index is 392. The van der Waals surface area contributed by atoms with E-state index < -0.39 is 0 Å². The molecule has 3 nitrogen and oxygen atoms in total. The van der Waals surface area contributed by atoms with Crippen molar-refractivity contribution in [3.05, 3.63) is 0 Å². The molecule has 0 aromatic heterocycles. The highest BCUT2D eigenvalue weighted by Gasteiger charge is 2.53. The molecule has 0 aromatic carbocycles. The predicted octanol–water partition coefficient (Wildman–Crippen LogP) is 3.08. The molecule has 0 heterocycles. The highest BCUT2D eigenvalue weighted by molar-refractivity contribution is 5.80. The average Bonchev–Trinajstić information content (AvgIpc) is 3.04. The van der Waals surface area contributed by atoms with Gasteiger partial charge in [-0.3, -0.25) is 4.79 Å². The second kappa shape index (κ2) is 5.01. The molecule has 0 radical (unpaired) electrons. The molecule has 5 unspecified atom stereocenters. The summed E-state index contributed by atoms with van der Waals surface area (Å²) in [5, 5.41) is 0. The van der Waals surface area contributed by atoms with E-state index in [4.69, 9.17) is 4.74 Å². The van der Waals surface area contributed by atoms with E-state index in [9.17, 15) is 4.79 Å². The molecule has 114 valence electrons. The van der Waals surface area contributed by atoms with Crippen molar-refractivity contribution in [1.82, 2.24) is 4.90 Å². The second-order valence-electron chi connectivity index (χ2n) is 7.75. The molecule has 3 rings (SSSR count). The van der Waals surface area contributed by atoms with Gasteiger partial charge in [-0.2, -0.15) is 0 Å².